The Labute approximate surface area is 229 Å². The quantitative estimate of drug-likeness (QED) is 0.462. The molecule has 1 amide bonds. The van der Waals surface area contributed by atoms with Crippen molar-refractivity contribution in [2.24, 2.45) is 5.92 Å². The van der Waals surface area contributed by atoms with Crippen LogP contribution in [0.3, 0.4) is 0 Å². The zero-order valence-corrected chi connectivity index (χ0v) is 22.8. The molecule has 0 spiro atoms. The van der Waals surface area contributed by atoms with Crippen LogP contribution in [0.25, 0.3) is 11.2 Å². The number of nitrogens with one attached hydrogen (secondary N) is 2. The molecule has 2 saturated carbocycles. The first kappa shape index (κ1) is 26.0. The first-order valence-electron chi connectivity index (χ1n) is 14.6. The van der Waals surface area contributed by atoms with Gasteiger partial charge in [0.05, 0.1) is 11.9 Å². The average molecular weight is 535 g/mol. The number of hydrogen-bond acceptors (Lipinski definition) is 7. The number of rotatable bonds is 6. The molecule has 0 bridgehead atoms. The van der Waals surface area contributed by atoms with E-state index >= 15 is 0 Å². The molecule has 1 aliphatic heterocycles. The number of imidazole rings is 1. The Morgan fingerprint density at radius 3 is 2.44 bits per heavy atom. The van der Waals surface area contributed by atoms with Crippen LogP contribution < -0.4 is 10.6 Å². The maximum Gasteiger partial charge on any atom is 0.225 e. The minimum atomic E-state index is -0.330. The molecule has 0 unspecified atom stereocenters. The van der Waals surface area contributed by atoms with Crippen LogP contribution >= 0.6 is 0 Å². The molecule has 3 aromatic rings. The summed E-state index contributed by atoms with van der Waals surface area (Å²) in [5, 5.41) is 6.76. The third-order valence-corrected chi connectivity index (χ3v) is 8.72. The second-order valence-corrected chi connectivity index (χ2v) is 11.4. The minimum Gasteiger partial charge on any atom is -0.351 e. The van der Waals surface area contributed by atoms with Gasteiger partial charge in [-0.25, -0.2) is 14.4 Å². The van der Waals surface area contributed by atoms with Crippen molar-refractivity contribution >= 4 is 34.7 Å². The van der Waals surface area contributed by atoms with E-state index in [9.17, 15) is 9.18 Å². The number of aromatic nitrogens is 4. The van der Waals surface area contributed by atoms with Crippen LogP contribution in [0.5, 0.6) is 0 Å². The number of benzene rings is 1. The Kier molecular flexibility index (Phi) is 7.63. The highest BCUT2D eigenvalue weighted by Gasteiger charge is 2.33. The standard InChI is InChI=1S/C29H39FN8O/c1-36-15-17-37(18-16-36)27(39)20-11-13-22(14-12-20)38-26-25(34-29(38)33-24-10-6-5-9-23(24)30)19-31-28(35-26)32-21-7-3-2-4-8-21/h5-6,9-10,19-22H,2-4,7-8,11-18H2,1H3,(H,33,34)(H,31,32,35). The summed E-state index contributed by atoms with van der Waals surface area (Å²) in [4.78, 5) is 31.9. The number of para-hydroxylation sites is 1. The van der Waals surface area contributed by atoms with Crippen molar-refractivity contribution in [2.45, 2.75) is 69.9 Å². The van der Waals surface area contributed by atoms with Crippen molar-refractivity contribution in [1.82, 2.24) is 29.3 Å². The van der Waals surface area contributed by atoms with Crippen molar-refractivity contribution in [1.29, 1.82) is 0 Å². The third kappa shape index (κ3) is 5.71. The number of nitrogens with zero attached hydrogens (tertiary/aromatic N) is 6. The highest BCUT2D eigenvalue weighted by Crippen LogP contribution is 2.38. The molecular formula is C29H39FN8O. The molecule has 3 heterocycles. The molecule has 1 aromatic carbocycles. The second-order valence-electron chi connectivity index (χ2n) is 11.4. The SMILES string of the molecule is CN1CCN(C(=O)C2CCC(n3c(Nc4ccccc4F)nc4cnc(NC5CCCCC5)nc43)CC2)CC1. The summed E-state index contributed by atoms with van der Waals surface area (Å²) in [5.74, 6) is 1.20. The van der Waals surface area contributed by atoms with Gasteiger partial charge < -0.3 is 20.4 Å². The Bertz CT molecular complexity index is 1290. The van der Waals surface area contributed by atoms with E-state index in [1.54, 1.807) is 24.4 Å². The molecule has 39 heavy (non-hydrogen) atoms. The zero-order chi connectivity index (χ0) is 26.8. The lowest BCUT2D eigenvalue weighted by molar-refractivity contribution is -0.138. The van der Waals surface area contributed by atoms with Crippen LogP contribution in [0, 0.1) is 11.7 Å². The molecule has 3 aliphatic rings. The average Bonchev–Trinajstić information content (AvgIpc) is 3.32. The van der Waals surface area contributed by atoms with Crippen molar-refractivity contribution in [3.63, 3.8) is 0 Å². The minimum absolute atomic E-state index is 0.0561. The predicted molar refractivity (Wildman–Crippen MR) is 151 cm³/mol. The van der Waals surface area contributed by atoms with Gasteiger partial charge in [0.1, 0.15) is 11.3 Å². The van der Waals surface area contributed by atoms with Gasteiger partial charge in [-0.3, -0.25) is 9.36 Å². The topological polar surface area (TPSA) is 91.2 Å². The highest BCUT2D eigenvalue weighted by molar-refractivity contribution is 5.79. The van der Waals surface area contributed by atoms with Crippen molar-refractivity contribution < 1.29 is 9.18 Å². The van der Waals surface area contributed by atoms with Gasteiger partial charge in [0.25, 0.3) is 0 Å². The fourth-order valence-corrected chi connectivity index (χ4v) is 6.37. The van der Waals surface area contributed by atoms with E-state index in [1.165, 1.54) is 25.3 Å². The van der Waals surface area contributed by atoms with Crippen molar-refractivity contribution in [3.8, 4) is 0 Å². The summed E-state index contributed by atoms with van der Waals surface area (Å²) in [7, 11) is 2.11. The maximum absolute atomic E-state index is 14.6. The van der Waals surface area contributed by atoms with Gasteiger partial charge in [-0.1, -0.05) is 31.4 Å². The molecule has 0 radical (unpaired) electrons. The van der Waals surface area contributed by atoms with Crippen LogP contribution in [0.2, 0.25) is 0 Å². The summed E-state index contributed by atoms with van der Waals surface area (Å²) in [6.45, 7) is 3.49. The van der Waals surface area contributed by atoms with Gasteiger partial charge in [0.2, 0.25) is 17.8 Å². The second kappa shape index (κ2) is 11.5. The number of carbonyl (C=O) groups is 1. The van der Waals surface area contributed by atoms with Crippen molar-refractivity contribution in [3.05, 3.63) is 36.3 Å². The van der Waals surface area contributed by atoms with Gasteiger partial charge in [-0.15, -0.1) is 0 Å². The van der Waals surface area contributed by atoms with Crippen LogP contribution in [-0.4, -0.2) is 74.5 Å². The van der Waals surface area contributed by atoms with E-state index in [-0.39, 0.29) is 17.8 Å². The number of likely N-dealkylation sites (N-methyl/N-ethyl adjacent to an activating group) is 1. The van der Waals surface area contributed by atoms with E-state index in [0.717, 1.165) is 70.4 Å². The Morgan fingerprint density at radius 1 is 0.949 bits per heavy atom. The molecule has 6 rings (SSSR count). The summed E-state index contributed by atoms with van der Waals surface area (Å²) in [6.07, 6.45) is 11.1. The largest absolute Gasteiger partial charge is 0.351 e. The molecule has 3 fully saturated rings. The number of piperazine rings is 1. The Balaban J connectivity index is 1.25. The van der Waals surface area contributed by atoms with E-state index in [4.69, 9.17) is 9.97 Å². The normalized spacial score (nSPS) is 23.2. The smallest absolute Gasteiger partial charge is 0.225 e. The molecule has 208 valence electrons. The molecule has 0 atom stereocenters. The van der Waals surface area contributed by atoms with Crippen LogP contribution in [-0.2, 0) is 4.79 Å². The monoisotopic (exact) mass is 534 g/mol. The summed E-state index contributed by atoms with van der Waals surface area (Å²) in [6, 6.07) is 7.14. The molecule has 10 heteroatoms. The van der Waals surface area contributed by atoms with Crippen molar-refractivity contribution in [2.75, 3.05) is 43.9 Å². The lowest BCUT2D eigenvalue weighted by Gasteiger charge is -2.37. The zero-order valence-electron chi connectivity index (χ0n) is 22.8. The van der Waals surface area contributed by atoms with Crippen LogP contribution in [0.15, 0.2) is 30.5 Å². The highest BCUT2D eigenvalue weighted by atomic mass is 19.1. The number of fused-ring (bicyclic) bond motifs is 1. The predicted octanol–water partition coefficient (Wildman–Crippen LogP) is 4.96. The number of carbonyl (C=O) groups excluding carboxylic acids is 1. The van der Waals surface area contributed by atoms with E-state index in [0.29, 0.717) is 35.0 Å². The molecule has 2 aromatic heterocycles. The van der Waals surface area contributed by atoms with Gasteiger partial charge in [-0.2, -0.15) is 4.98 Å². The van der Waals surface area contributed by atoms with Crippen LogP contribution in [0.4, 0.5) is 22.0 Å². The Hall–Kier alpha value is -3.27. The molecule has 1 saturated heterocycles. The Morgan fingerprint density at radius 2 is 1.69 bits per heavy atom. The number of halogens is 1. The molecule has 9 nitrogen and oxygen atoms in total. The first-order valence-corrected chi connectivity index (χ1v) is 14.6. The van der Waals surface area contributed by atoms with E-state index < -0.39 is 0 Å². The summed E-state index contributed by atoms with van der Waals surface area (Å²) < 4.78 is 16.7. The molecule has 2 N–H and O–H groups in total. The van der Waals surface area contributed by atoms with E-state index in [2.05, 4.69) is 32.1 Å². The van der Waals surface area contributed by atoms with Gasteiger partial charge in [-0.05, 0) is 57.7 Å². The summed E-state index contributed by atoms with van der Waals surface area (Å²) in [5.41, 5.74) is 1.80. The number of hydrogen-bond donors (Lipinski definition) is 2. The van der Waals surface area contributed by atoms with Gasteiger partial charge in [0.15, 0.2) is 5.65 Å². The van der Waals surface area contributed by atoms with E-state index in [1.807, 2.05) is 4.90 Å². The lowest BCUT2D eigenvalue weighted by Crippen LogP contribution is -2.49. The fourth-order valence-electron chi connectivity index (χ4n) is 6.37. The first-order chi connectivity index (χ1) is 19.0. The lowest BCUT2D eigenvalue weighted by atomic mass is 9.85. The molecule has 2 aliphatic carbocycles. The van der Waals surface area contributed by atoms with Crippen LogP contribution in [0.1, 0.15) is 63.8 Å². The van der Waals surface area contributed by atoms with Gasteiger partial charge in [0, 0.05) is 44.2 Å². The number of anilines is 3. The number of amides is 1. The molecular weight excluding hydrogens is 495 g/mol. The summed E-state index contributed by atoms with van der Waals surface area (Å²) >= 11 is 0. The van der Waals surface area contributed by atoms with Gasteiger partial charge >= 0.3 is 0 Å². The maximum atomic E-state index is 14.6. The fraction of sp³-hybridized carbons (Fsp3) is 0.586. The third-order valence-electron chi connectivity index (χ3n) is 8.72.